The largest absolute Gasteiger partial charge is 0.480 e. The highest BCUT2D eigenvalue weighted by molar-refractivity contribution is 6.17. The number of rotatable bonds is 10. The number of halogens is 3. The summed E-state index contributed by atoms with van der Waals surface area (Å²) in [5, 5.41) is 24.2. The molecule has 1 fully saturated rings. The number of carbonyl (C=O) groups excluding carboxylic acids is 1. The Labute approximate surface area is 258 Å². The van der Waals surface area contributed by atoms with Crippen LogP contribution < -0.4 is 5.32 Å². The van der Waals surface area contributed by atoms with Crippen molar-refractivity contribution < 1.29 is 33.0 Å². The number of amides is 1. The molecule has 3 N–H and O–H groups in total. The highest BCUT2D eigenvalue weighted by atomic mass is 19.4. The van der Waals surface area contributed by atoms with Gasteiger partial charge >= 0.3 is 12.1 Å². The minimum absolute atomic E-state index is 0.0926. The number of para-hydroxylation sites is 1. The van der Waals surface area contributed by atoms with Crippen LogP contribution in [0.3, 0.4) is 0 Å². The molecule has 1 aliphatic rings. The van der Waals surface area contributed by atoms with Gasteiger partial charge in [-0.15, -0.1) is 0 Å². The van der Waals surface area contributed by atoms with E-state index in [1.54, 1.807) is 54.6 Å². The zero-order valence-corrected chi connectivity index (χ0v) is 24.2. The van der Waals surface area contributed by atoms with Crippen LogP contribution in [0.5, 0.6) is 0 Å². The summed E-state index contributed by atoms with van der Waals surface area (Å²) in [7, 11) is 0. The van der Waals surface area contributed by atoms with Gasteiger partial charge in [0.1, 0.15) is 6.10 Å². The Bertz CT molecular complexity index is 1660. The lowest BCUT2D eigenvalue weighted by Crippen LogP contribution is -2.39. The van der Waals surface area contributed by atoms with Crippen molar-refractivity contribution in [2.45, 2.75) is 43.8 Å². The van der Waals surface area contributed by atoms with Crippen molar-refractivity contribution in [3.05, 3.63) is 137 Å². The number of carboxylic acids is 1. The summed E-state index contributed by atoms with van der Waals surface area (Å²) >= 11 is 0. The minimum atomic E-state index is -4.82. The fourth-order valence-corrected chi connectivity index (χ4v) is 5.62. The molecule has 5 rings (SSSR count). The Balaban J connectivity index is 1.51. The highest BCUT2D eigenvalue weighted by Crippen LogP contribution is 2.36. The number of hydrogen-bond acceptors (Lipinski definition) is 5. The monoisotopic (exact) mass is 615 g/mol. The lowest BCUT2D eigenvalue weighted by atomic mass is 9.95. The van der Waals surface area contributed by atoms with Gasteiger partial charge in [0, 0.05) is 17.7 Å². The molecule has 10 heteroatoms. The van der Waals surface area contributed by atoms with Crippen LogP contribution in [0.25, 0.3) is 0 Å². The number of likely N-dealkylation sites (tertiary alicyclic amines) is 1. The summed E-state index contributed by atoms with van der Waals surface area (Å²) < 4.78 is 41.3. The number of aliphatic hydroxyl groups excluding tert-OH is 1. The first-order chi connectivity index (χ1) is 21.6. The van der Waals surface area contributed by atoms with E-state index in [4.69, 9.17) is 0 Å². The van der Waals surface area contributed by atoms with E-state index in [1.807, 2.05) is 30.3 Å². The van der Waals surface area contributed by atoms with Gasteiger partial charge in [-0.2, -0.15) is 13.2 Å². The van der Waals surface area contributed by atoms with Gasteiger partial charge in [0.25, 0.3) is 0 Å². The molecule has 0 aliphatic carbocycles. The molecule has 1 heterocycles. The average molecular weight is 616 g/mol. The predicted octanol–water partition coefficient (Wildman–Crippen LogP) is 6.33. The van der Waals surface area contributed by atoms with E-state index >= 15 is 0 Å². The molecule has 3 atom stereocenters. The van der Waals surface area contributed by atoms with E-state index in [1.165, 1.54) is 6.07 Å². The number of aliphatic carboxylic acids is 1. The normalized spacial score (nSPS) is 17.1. The second kappa shape index (κ2) is 13.9. The van der Waals surface area contributed by atoms with E-state index in [0.717, 1.165) is 36.7 Å². The minimum Gasteiger partial charge on any atom is -0.480 e. The van der Waals surface area contributed by atoms with Crippen molar-refractivity contribution >= 4 is 23.3 Å². The number of carbonyl (C=O) groups is 2. The number of alkyl halides is 3. The molecule has 7 nitrogen and oxygen atoms in total. The molecule has 4 aromatic rings. The molecule has 0 bridgehead atoms. The first-order valence-corrected chi connectivity index (χ1v) is 14.5. The van der Waals surface area contributed by atoms with Gasteiger partial charge in [-0.05, 0) is 42.6 Å². The molecule has 0 aromatic heterocycles. The number of nitrogens with zero attached hydrogens (tertiary/aromatic N) is 2. The first kappa shape index (κ1) is 31.6. The zero-order valence-electron chi connectivity index (χ0n) is 24.2. The Morgan fingerprint density at radius 3 is 2.20 bits per heavy atom. The fraction of sp³-hybridized carbons (Fsp3) is 0.229. The van der Waals surface area contributed by atoms with Gasteiger partial charge in [-0.3, -0.25) is 14.7 Å². The SMILES string of the molecule is O=C(O)[C@H](N=C(c1ccccc1)c1ccccc1NC(=O)[C@@H]1CCCN1Cc1ccccc1)[C@@H](O)c1ccccc1C(F)(F)F. The summed E-state index contributed by atoms with van der Waals surface area (Å²) in [4.78, 5) is 32.6. The third-order valence-corrected chi connectivity index (χ3v) is 7.79. The van der Waals surface area contributed by atoms with Crippen molar-refractivity contribution in [1.29, 1.82) is 0 Å². The second-order valence-electron chi connectivity index (χ2n) is 10.8. The Morgan fingerprint density at radius 2 is 1.51 bits per heavy atom. The quantitative estimate of drug-likeness (QED) is 0.181. The van der Waals surface area contributed by atoms with Gasteiger partial charge in [0.05, 0.1) is 23.0 Å². The van der Waals surface area contributed by atoms with Crippen LogP contribution in [0.1, 0.15) is 46.8 Å². The Morgan fingerprint density at radius 1 is 0.889 bits per heavy atom. The molecular weight excluding hydrogens is 583 g/mol. The average Bonchev–Trinajstić information content (AvgIpc) is 3.50. The summed E-state index contributed by atoms with van der Waals surface area (Å²) in [5.41, 5.74) is 0.586. The maximum absolute atomic E-state index is 13.8. The standard InChI is InChI=1S/C35H32F3N3O4/c36-35(37,38)27-18-9-7-16-25(27)32(42)31(34(44)45)40-30(24-14-5-2-6-15-24)26-17-8-10-19-28(26)39-33(43)29-20-11-21-41(29)22-23-12-3-1-4-13-23/h1-10,12-19,29,31-32,42H,11,20-22H2,(H,39,43)(H,44,45)/t29-,31+,32-/m0/s1. The van der Waals surface area contributed by atoms with Crippen LogP contribution in [-0.2, 0) is 22.3 Å². The lowest BCUT2D eigenvalue weighted by Gasteiger charge is -2.25. The topological polar surface area (TPSA) is 102 Å². The van der Waals surface area contributed by atoms with Gasteiger partial charge in [-0.25, -0.2) is 4.79 Å². The number of aliphatic hydroxyl groups is 1. The maximum Gasteiger partial charge on any atom is 0.416 e. The third-order valence-electron chi connectivity index (χ3n) is 7.79. The van der Waals surface area contributed by atoms with Crippen LogP contribution >= 0.6 is 0 Å². The number of anilines is 1. The van der Waals surface area contributed by atoms with Crippen LogP contribution in [0.2, 0.25) is 0 Å². The number of carboxylic acid groups (broad SMARTS) is 1. The second-order valence-corrected chi connectivity index (χ2v) is 10.8. The van der Waals surface area contributed by atoms with E-state index in [2.05, 4.69) is 15.2 Å². The van der Waals surface area contributed by atoms with Gasteiger partial charge < -0.3 is 15.5 Å². The maximum atomic E-state index is 13.8. The number of aliphatic imine (C=N–C) groups is 1. The summed E-state index contributed by atoms with van der Waals surface area (Å²) in [6, 6.07) is 26.9. The summed E-state index contributed by atoms with van der Waals surface area (Å²) in [6.07, 6.45) is -5.43. The summed E-state index contributed by atoms with van der Waals surface area (Å²) in [5.74, 6) is -1.85. The van der Waals surface area contributed by atoms with Gasteiger partial charge in [0.15, 0.2) is 6.04 Å². The van der Waals surface area contributed by atoms with Gasteiger partial charge in [0.2, 0.25) is 5.91 Å². The van der Waals surface area contributed by atoms with Crippen molar-refractivity contribution in [3.8, 4) is 0 Å². The van der Waals surface area contributed by atoms with Crippen LogP contribution in [0, 0.1) is 0 Å². The number of hydrogen-bond donors (Lipinski definition) is 3. The van der Waals surface area contributed by atoms with E-state index in [-0.39, 0.29) is 11.6 Å². The molecule has 0 saturated carbocycles. The Hall–Kier alpha value is -4.80. The molecular formula is C35H32F3N3O4. The molecule has 4 aromatic carbocycles. The molecule has 1 aliphatic heterocycles. The smallest absolute Gasteiger partial charge is 0.416 e. The van der Waals surface area contributed by atoms with Crippen molar-refractivity contribution in [1.82, 2.24) is 4.90 Å². The molecule has 1 amide bonds. The third kappa shape index (κ3) is 7.47. The number of nitrogens with one attached hydrogen (secondary N) is 1. The van der Waals surface area contributed by atoms with Crippen LogP contribution in [0.15, 0.2) is 114 Å². The predicted molar refractivity (Wildman–Crippen MR) is 165 cm³/mol. The summed E-state index contributed by atoms with van der Waals surface area (Å²) in [6.45, 7) is 1.36. The highest BCUT2D eigenvalue weighted by Gasteiger charge is 2.38. The first-order valence-electron chi connectivity index (χ1n) is 14.5. The Kier molecular flexibility index (Phi) is 9.75. The van der Waals surface area contributed by atoms with Crippen molar-refractivity contribution in [2.75, 3.05) is 11.9 Å². The molecule has 1 saturated heterocycles. The van der Waals surface area contributed by atoms with E-state index < -0.39 is 41.5 Å². The fourth-order valence-electron chi connectivity index (χ4n) is 5.62. The van der Waals surface area contributed by atoms with Crippen molar-refractivity contribution in [2.24, 2.45) is 4.99 Å². The van der Waals surface area contributed by atoms with E-state index in [9.17, 15) is 33.0 Å². The van der Waals surface area contributed by atoms with Crippen LogP contribution in [-0.4, -0.2) is 51.3 Å². The molecule has 232 valence electrons. The van der Waals surface area contributed by atoms with E-state index in [0.29, 0.717) is 29.8 Å². The van der Waals surface area contributed by atoms with Gasteiger partial charge in [-0.1, -0.05) is 97.1 Å². The molecule has 0 radical (unpaired) electrons. The lowest BCUT2D eigenvalue weighted by molar-refractivity contribution is -0.144. The molecule has 45 heavy (non-hydrogen) atoms. The van der Waals surface area contributed by atoms with Crippen LogP contribution in [0.4, 0.5) is 18.9 Å². The number of benzene rings is 4. The molecule has 0 unspecified atom stereocenters. The van der Waals surface area contributed by atoms with Crippen molar-refractivity contribution in [3.63, 3.8) is 0 Å². The zero-order chi connectivity index (χ0) is 32.0. The molecule has 0 spiro atoms.